The lowest BCUT2D eigenvalue weighted by atomic mass is 10.2. The van der Waals surface area contributed by atoms with E-state index in [0.717, 1.165) is 0 Å². The molecule has 1 saturated heterocycles. The van der Waals surface area contributed by atoms with Gasteiger partial charge >= 0.3 is 21.3 Å². The van der Waals surface area contributed by atoms with Crippen LogP contribution in [0.15, 0.2) is 24.3 Å². The first kappa shape index (κ1) is 16.6. The number of epoxide rings is 1. The van der Waals surface area contributed by atoms with Crippen LogP contribution in [0.2, 0.25) is 0 Å². The van der Waals surface area contributed by atoms with Crippen molar-refractivity contribution in [2.75, 3.05) is 13.2 Å². The molecule has 1 atom stereocenters. The van der Waals surface area contributed by atoms with Gasteiger partial charge in [-0.15, -0.1) is 0 Å². The molecule has 1 heterocycles. The van der Waals surface area contributed by atoms with Crippen molar-refractivity contribution in [1.29, 1.82) is 0 Å². The van der Waals surface area contributed by atoms with E-state index in [4.69, 9.17) is 14.0 Å². The first-order chi connectivity index (χ1) is 10.2. The lowest BCUT2D eigenvalue weighted by Crippen LogP contribution is -2.38. The number of carbonyl (C=O) groups excluding carboxylic acids is 1. The summed E-state index contributed by atoms with van der Waals surface area (Å²) < 4.78 is 69.3. The molecule has 0 saturated carbocycles. The van der Waals surface area contributed by atoms with Crippen LogP contribution in [-0.4, -0.2) is 43.5 Å². The van der Waals surface area contributed by atoms with Gasteiger partial charge in [0.2, 0.25) is 0 Å². The van der Waals surface area contributed by atoms with E-state index in [1.165, 1.54) is 24.3 Å². The van der Waals surface area contributed by atoms with Gasteiger partial charge in [-0.3, -0.25) is 4.55 Å². The molecule has 2 rings (SSSR count). The minimum absolute atomic E-state index is 0.0864. The molecule has 0 bridgehead atoms. The predicted molar refractivity (Wildman–Crippen MR) is 68.0 cm³/mol. The zero-order valence-corrected chi connectivity index (χ0v) is 11.9. The Morgan fingerprint density at radius 1 is 1.36 bits per heavy atom. The van der Waals surface area contributed by atoms with Crippen LogP contribution >= 0.6 is 0 Å². The molecule has 0 aromatic heterocycles. The van der Waals surface area contributed by atoms with E-state index in [9.17, 15) is 22.0 Å². The molecule has 1 aromatic carbocycles. The quantitative estimate of drug-likeness (QED) is 0.449. The predicted octanol–water partition coefficient (Wildman–Crippen LogP) is 0.988. The molecule has 1 aliphatic rings. The van der Waals surface area contributed by atoms with Crippen LogP contribution in [0.1, 0.15) is 5.56 Å². The largest absolute Gasteiger partial charge is 0.491 e. The second-order valence-corrected chi connectivity index (χ2v) is 5.94. The van der Waals surface area contributed by atoms with Crippen LogP contribution in [0.25, 0.3) is 0 Å². The van der Waals surface area contributed by atoms with E-state index in [1.54, 1.807) is 0 Å². The van der Waals surface area contributed by atoms with Crippen LogP contribution in [-0.2, 0) is 31.0 Å². The molecule has 10 heteroatoms. The molecule has 1 aliphatic heterocycles. The second-order valence-electron chi connectivity index (χ2n) is 4.48. The highest BCUT2D eigenvalue weighted by Gasteiger charge is 2.54. The maximum Gasteiger partial charge on any atom is 0.465 e. The fourth-order valence-electron chi connectivity index (χ4n) is 1.37. The lowest BCUT2D eigenvalue weighted by molar-refractivity contribution is -0.162. The number of hydrogen-bond acceptors (Lipinski definition) is 6. The van der Waals surface area contributed by atoms with Crippen molar-refractivity contribution in [3.63, 3.8) is 0 Å². The van der Waals surface area contributed by atoms with Gasteiger partial charge in [0, 0.05) is 0 Å². The van der Waals surface area contributed by atoms with Gasteiger partial charge < -0.3 is 14.2 Å². The minimum Gasteiger partial charge on any atom is -0.491 e. The van der Waals surface area contributed by atoms with Gasteiger partial charge in [-0.25, -0.2) is 4.79 Å². The molecule has 1 N–H and O–H groups in total. The summed E-state index contributed by atoms with van der Waals surface area (Å²) in [6.45, 7) is 0.473. The van der Waals surface area contributed by atoms with Gasteiger partial charge in [-0.05, 0) is 17.7 Å². The Labute approximate surface area is 124 Å². The first-order valence-electron chi connectivity index (χ1n) is 6.05. The topological polar surface area (TPSA) is 102 Å². The Balaban J connectivity index is 1.87. The zero-order valence-electron chi connectivity index (χ0n) is 11.1. The van der Waals surface area contributed by atoms with Crippen LogP contribution in [0.5, 0.6) is 5.75 Å². The Bertz CT molecular complexity index is 638. The lowest BCUT2D eigenvalue weighted by Gasteiger charge is -2.12. The summed E-state index contributed by atoms with van der Waals surface area (Å²) >= 11 is 0. The van der Waals surface area contributed by atoms with Gasteiger partial charge in [0.1, 0.15) is 25.1 Å². The summed E-state index contributed by atoms with van der Waals surface area (Å²) in [7, 11) is -5.86. The Hall–Kier alpha value is -1.78. The van der Waals surface area contributed by atoms with E-state index < -0.39 is 27.9 Å². The average Bonchev–Trinajstić information content (AvgIpc) is 3.26. The smallest absolute Gasteiger partial charge is 0.465 e. The molecule has 0 aliphatic carbocycles. The van der Waals surface area contributed by atoms with Crippen molar-refractivity contribution in [1.82, 2.24) is 0 Å². The summed E-state index contributed by atoms with van der Waals surface area (Å²) in [6, 6.07) is 5.99. The summed E-state index contributed by atoms with van der Waals surface area (Å²) in [4.78, 5) is 11.0. The van der Waals surface area contributed by atoms with Gasteiger partial charge in [0.15, 0.2) is 0 Å². The summed E-state index contributed by atoms with van der Waals surface area (Å²) in [6.07, 6.45) is 0.0864. The van der Waals surface area contributed by atoms with Gasteiger partial charge in [-0.1, -0.05) is 12.1 Å². The fraction of sp³-hybridized carbons (Fsp3) is 0.417. The molecule has 122 valence electrons. The van der Waals surface area contributed by atoms with E-state index >= 15 is 0 Å². The van der Waals surface area contributed by atoms with E-state index in [2.05, 4.69) is 4.74 Å². The standard InChI is InChI=1S/C12H12F2O7S/c13-12(14,22(16,17)18)11(15)21-5-8-1-3-9(4-2-8)19-6-10-7-20-10/h1-4,10H,5-7H2,(H,16,17,18). The molecule has 0 amide bonds. The van der Waals surface area contributed by atoms with Crippen LogP contribution in [0.3, 0.4) is 0 Å². The zero-order chi connectivity index (χ0) is 16.4. The SMILES string of the molecule is O=C(OCc1ccc(OCC2CO2)cc1)C(F)(F)S(=O)(=O)O. The molecular weight excluding hydrogens is 326 g/mol. The molecule has 0 radical (unpaired) electrons. The first-order valence-corrected chi connectivity index (χ1v) is 7.49. The molecule has 1 fully saturated rings. The van der Waals surface area contributed by atoms with Crippen molar-refractivity contribution >= 4 is 16.1 Å². The van der Waals surface area contributed by atoms with Crippen molar-refractivity contribution in [2.45, 2.75) is 18.0 Å². The van der Waals surface area contributed by atoms with Crippen molar-refractivity contribution < 1.29 is 40.8 Å². The molecule has 1 unspecified atom stereocenters. The summed E-state index contributed by atoms with van der Waals surface area (Å²) in [5.74, 6) is -1.82. The molecule has 22 heavy (non-hydrogen) atoms. The number of hydrogen-bond donors (Lipinski definition) is 1. The van der Waals surface area contributed by atoms with Crippen molar-refractivity contribution in [2.24, 2.45) is 0 Å². The molecule has 0 spiro atoms. The summed E-state index contributed by atoms with van der Waals surface area (Å²) in [5.41, 5.74) is 0.342. The number of esters is 1. The fourth-order valence-corrected chi connectivity index (χ4v) is 1.64. The Kier molecular flexibility index (Phi) is 4.63. The highest BCUT2D eigenvalue weighted by atomic mass is 32.2. The third-order valence-corrected chi connectivity index (χ3v) is 3.51. The van der Waals surface area contributed by atoms with E-state index in [0.29, 0.717) is 24.5 Å². The monoisotopic (exact) mass is 338 g/mol. The summed E-state index contributed by atoms with van der Waals surface area (Å²) in [5, 5.41) is -5.00. The third kappa shape index (κ3) is 4.12. The number of halogens is 2. The van der Waals surface area contributed by atoms with Crippen molar-refractivity contribution in [3.8, 4) is 5.75 Å². The maximum absolute atomic E-state index is 12.9. The molecular formula is C12H12F2O7S. The molecule has 7 nitrogen and oxygen atoms in total. The number of ether oxygens (including phenoxy) is 3. The number of benzene rings is 1. The number of rotatable bonds is 7. The number of carbonyl (C=O) groups is 1. The van der Waals surface area contributed by atoms with Gasteiger partial charge in [-0.2, -0.15) is 17.2 Å². The van der Waals surface area contributed by atoms with E-state index in [1.807, 2.05) is 0 Å². The highest BCUT2D eigenvalue weighted by molar-refractivity contribution is 7.87. The van der Waals surface area contributed by atoms with Crippen molar-refractivity contribution in [3.05, 3.63) is 29.8 Å². The number of alkyl halides is 2. The Morgan fingerprint density at radius 3 is 2.45 bits per heavy atom. The second kappa shape index (κ2) is 6.15. The van der Waals surface area contributed by atoms with Gasteiger partial charge in [0.05, 0.1) is 6.61 Å². The van der Waals surface area contributed by atoms with Gasteiger partial charge in [0.25, 0.3) is 0 Å². The molecule has 1 aromatic rings. The normalized spacial score (nSPS) is 17.9. The van der Waals surface area contributed by atoms with Crippen LogP contribution in [0, 0.1) is 0 Å². The highest BCUT2D eigenvalue weighted by Crippen LogP contribution is 2.23. The maximum atomic E-state index is 12.9. The Morgan fingerprint density at radius 2 is 1.95 bits per heavy atom. The van der Waals surface area contributed by atoms with Crippen LogP contribution < -0.4 is 4.74 Å². The average molecular weight is 338 g/mol. The minimum atomic E-state index is -5.86. The van der Waals surface area contributed by atoms with E-state index in [-0.39, 0.29) is 6.10 Å². The third-order valence-electron chi connectivity index (χ3n) is 2.69. The van der Waals surface area contributed by atoms with Crippen LogP contribution in [0.4, 0.5) is 8.78 Å².